The van der Waals surface area contributed by atoms with Crippen LogP contribution in [0.15, 0.2) is 0 Å². The zero-order chi connectivity index (χ0) is 13.3. The number of nitrogens with zero attached hydrogens (tertiary/aromatic N) is 1. The lowest BCUT2D eigenvalue weighted by molar-refractivity contribution is -0.138. The van der Waals surface area contributed by atoms with Gasteiger partial charge in [-0.15, -0.1) is 0 Å². The molecule has 0 radical (unpaired) electrons. The molecular formula is C14H26N2O2. The summed E-state index contributed by atoms with van der Waals surface area (Å²) in [5.74, 6) is 0.670. The fraction of sp³-hybridized carbons (Fsp3) is 0.929. The number of carbonyl (C=O) groups is 1. The third kappa shape index (κ3) is 2.28. The SMILES string of the molecule is CCC1(C)NC(C(C)C)N(C2CCCOC2)C1=O. The molecule has 2 fully saturated rings. The normalized spacial score (nSPS) is 37.6. The van der Waals surface area contributed by atoms with Crippen molar-refractivity contribution < 1.29 is 9.53 Å². The number of hydrogen-bond donors (Lipinski definition) is 1. The fourth-order valence-electron chi connectivity index (χ4n) is 2.95. The maximum atomic E-state index is 12.7. The predicted molar refractivity (Wildman–Crippen MR) is 71.1 cm³/mol. The van der Waals surface area contributed by atoms with Crippen LogP contribution < -0.4 is 5.32 Å². The van der Waals surface area contributed by atoms with E-state index in [0.717, 1.165) is 25.9 Å². The molecule has 0 aromatic rings. The van der Waals surface area contributed by atoms with Crippen molar-refractivity contribution in [2.45, 2.75) is 64.7 Å². The lowest BCUT2D eigenvalue weighted by Gasteiger charge is -2.36. The quantitative estimate of drug-likeness (QED) is 0.834. The minimum Gasteiger partial charge on any atom is -0.379 e. The van der Waals surface area contributed by atoms with Gasteiger partial charge < -0.3 is 9.64 Å². The molecule has 2 aliphatic heterocycles. The summed E-state index contributed by atoms with van der Waals surface area (Å²) < 4.78 is 5.55. The second kappa shape index (κ2) is 5.17. The van der Waals surface area contributed by atoms with Crippen LogP contribution in [-0.4, -0.2) is 41.8 Å². The van der Waals surface area contributed by atoms with E-state index in [1.54, 1.807) is 0 Å². The fourth-order valence-corrected chi connectivity index (χ4v) is 2.95. The number of nitrogens with one attached hydrogen (secondary N) is 1. The Hall–Kier alpha value is -0.610. The van der Waals surface area contributed by atoms with E-state index in [9.17, 15) is 4.79 Å². The molecule has 3 unspecified atom stereocenters. The average Bonchev–Trinajstić information content (AvgIpc) is 2.64. The summed E-state index contributed by atoms with van der Waals surface area (Å²) in [6, 6.07) is 0.250. The molecule has 2 rings (SSSR count). The Kier molecular flexibility index (Phi) is 3.97. The smallest absolute Gasteiger partial charge is 0.244 e. The van der Waals surface area contributed by atoms with E-state index in [2.05, 4.69) is 31.0 Å². The number of amides is 1. The molecule has 2 aliphatic rings. The maximum absolute atomic E-state index is 12.7. The summed E-state index contributed by atoms with van der Waals surface area (Å²) >= 11 is 0. The minimum atomic E-state index is -0.396. The van der Waals surface area contributed by atoms with Crippen LogP contribution in [0.5, 0.6) is 0 Å². The molecular weight excluding hydrogens is 228 g/mol. The molecule has 0 aliphatic carbocycles. The highest BCUT2D eigenvalue weighted by Gasteiger charge is 2.50. The molecule has 18 heavy (non-hydrogen) atoms. The first-order valence-corrected chi connectivity index (χ1v) is 7.18. The number of ether oxygens (including phenoxy) is 1. The van der Waals surface area contributed by atoms with Gasteiger partial charge in [0.25, 0.3) is 0 Å². The van der Waals surface area contributed by atoms with E-state index in [0.29, 0.717) is 12.5 Å². The predicted octanol–water partition coefficient (Wildman–Crippen LogP) is 1.75. The minimum absolute atomic E-state index is 0.147. The van der Waals surface area contributed by atoms with Gasteiger partial charge in [0.05, 0.1) is 24.4 Å². The lowest BCUT2D eigenvalue weighted by Crippen LogP contribution is -2.50. The molecule has 0 bridgehead atoms. The molecule has 0 spiro atoms. The van der Waals surface area contributed by atoms with Gasteiger partial charge in [-0.3, -0.25) is 10.1 Å². The second-order valence-electron chi connectivity index (χ2n) is 6.10. The van der Waals surface area contributed by atoms with Crippen molar-refractivity contribution in [3.63, 3.8) is 0 Å². The van der Waals surface area contributed by atoms with Gasteiger partial charge in [-0.25, -0.2) is 0 Å². The van der Waals surface area contributed by atoms with Gasteiger partial charge in [0.15, 0.2) is 0 Å². The summed E-state index contributed by atoms with van der Waals surface area (Å²) in [5, 5.41) is 3.53. The largest absolute Gasteiger partial charge is 0.379 e. The number of hydrogen-bond acceptors (Lipinski definition) is 3. The molecule has 4 nitrogen and oxygen atoms in total. The van der Waals surface area contributed by atoms with Crippen LogP contribution in [0.25, 0.3) is 0 Å². The third-order valence-electron chi connectivity index (χ3n) is 4.34. The summed E-state index contributed by atoms with van der Waals surface area (Å²) in [7, 11) is 0. The summed E-state index contributed by atoms with van der Waals surface area (Å²) in [5.41, 5.74) is -0.396. The standard InChI is InChI=1S/C14H26N2O2/c1-5-14(4)13(17)16(12(15-14)10(2)3)11-7-6-8-18-9-11/h10-12,15H,5-9H2,1-4H3. The van der Waals surface area contributed by atoms with Gasteiger partial charge in [0.1, 0.15) is 0 Å². The molecule has 0 aromatic carbocycles. The Labute approximate surface area is 110 Å². The first-order valence-electron chi connectivity index (χ1n) is 7.18. The monoisotopic (exact) mass is 254 g/mol. The number of carbonyl (C=O) groups excluding carboxylic acids is 1. The first kappa shape index (κ1) is 13.8. The molecule has 2 heterocycles. The van der Waals surface area contributed by atoms with E-state index >= 15 is 0 Å². The number of rotatable bonds is 3. The molecule has 1 N–H and O–H groups in total. The first-order chi connectivity index (χ1) is 8.49. The van der Waals surface area contributed by atoms with Crippen LogP contribution in [0.4, 0.5) is 0 Å². The van der Waals surface area contributed by atoms with Crippen LogP contribution in [0.3, 0.4) is 0 Å². The molecule has 4 heteroatoms. The Morgan fingerprint density at radius 1 is 1.56 bits per heavy atom. The molecule has 104 valence electrons. The van der Waals surface area contributed by atoms with Crippen LogP contribution in [0, 0.1) is 5.92 Å². The highest BCUT2D eigenvalue weighted by molar-refractivity contribution is 5.88. The third-order valence-corrected chi connectivity index (χ3v) is 4.34. The summed E-state index contributed by atoms with van der Waals surface area (Å²) in [6.07, 6.45) is 3.10. The van der Waals surface area contributed by atoms with Gasteiger partial charge in [-0.05, 0) is 32.1 Å². The molecule has 3 atom stereocenters. The van der Waals surface area contributed by atoms with E-state index < -0.39 is 5.54 Å². The maximum Gasteiger partial charge on any atom is 0.244 e. The Bertz CT molecular complexity index is 313. The second-order valence-corrected chi connectivity index (χ2v) is 6.10. The van der Waals surface area contributed by atoms with Gasteiger partial charge in [0, 0.05) is 6.61 Å². The van der Waals surface area contributed by atoms with E-state index in [-0.39, 0.29) is 18.1 Å². The molecule has 2 saturated heterocycles. The Morgan fingerprint density at radius 2 is 2.28 bits per heavy atom. The van der Waals surface area contributed by atoms with Crippen molar-refractivity contribution in [1.29, 1.82) is 0 Å². The van der Waals surface area contributed by atoms with E-state index in [4.69, 9.17) is 4.74 Å². The zero-order valence-corrected chi connectivity index (χ0v) is 12.0. The van der Waals surface area contributed by atoms with Crippen LogP contribution in [0.2, 0.25) is 0 Å². The van der Waals surface area contributed by atoms with Crippen LogP contribution >= 0.6 is 0 Å². The van der Waals surface area contributed by atoms with Gasteiger partial charge in [0.2, 0.25) is 5.91 Å². The zero-order valence-electron chi connectivity index (χ0n) is 12.0. The summed E-state index contributed by atoms with van der Waals surface area (Å²) in [4.78, 5) is 14.7. The van der Waals surface area contributed by atoms with Crippen molar-refractivity contribution in [3.05, 3.63) is 0 Å². The van der Waals surface area contributed by atoms with E-state index in [1.807, 2.05) is 6.92 Å². The molecule has 0 saturated carbocycles. The van der Waals surface area contributed by atoms with Crippen molar-refractivity contribution in [1.82, 2.24) is 10.2 Å². The van der Waals surface area contributed by atoms with Crippen LogP contribution in [-0.2, 0) is 9.53 Å². The van der Waals surface area contributed by atoms with Gasteiger partial charge in [-0.2, -0.15) is 0 Å². The van der Waals surface area contributed by atoms with Crippen molar-refractivity contribution in [2.75, 3.05) is 13.2 Å². The molecule has 1 amide bonds. The Balaban J connectivity index is 2.21. The lowest BCUT2D eigenvalue weighted by atomic mass is 9.98. The van der Waals surface area contributed by atoms with E-state index in [1.165, 1.54) is 0 Å². The van der Waals surface area contributed by atoms with Gasteiger partial charge in [-0.1, -0.05) is 20.8 Å². The van der Waals surface area contributed by atoms with Crippen molar-refractivity contribution in [3.8, 4) is 0 Å². The topological polar surface area (TPSA) is 41.6 Å². The van der Waals surface area contributed by atoms with Gasteiger partial charge >= 0.3 is 0 Å². The van der Waals surface area contributed by atoms with Crippen molar-refractivity contribution in [2.24, 2.45) is 5.92 Å². The average molecular weight is 254 g/mol. The molecule has 0 aromatic heterocycles. The Morgan fingerprint density at radius 3 is 2.78 bits per heavy atom. The van der Waals surface area contributed by atoms with Crippen molar-refractivity contribution >= 4 is 5.91 Å². The van der Waals surface area contributed by atoms with Crippen LogP contribution in [0.1, 0.15) is 47.0 Å². The summed E-state index contributed by atoms with van der Waals surface area (Å²) in [6.45, 7) is 9.96. The highest BCUT2D eigenvalue weighted by Crippen LogP contribution is 2.31. The highest BCUT2D eigenvalue weighted by atomic mass is 16.5.